The number of halogens is 1. The zero-order valence-electron chi connectivity index (χ0n) is 16.5. The molecule has 2 heterocycles. The van der Waals surface area contributed by atoms with Crippen LogP contribution in [0.25, 0.3) is 0 Å². The van der Waals surface area contributed by atoms with Gasteiger partial charge in [-0.05, 0) is 39.5 Å². The van der Waals surface area contributed by atoms with Gasteiger partial charge in [-0.15, -0.1) is 24.0 Å². The van der Waals surface area contributed by atoms with Crippen LogP contribution in [-0.2, 0) is 4.74 Å². The van der Waals surface area contributed by atoms with Gasteiger partial charge < -0.3 is 25.0 Å². The van der Waals surface area contributed by atoms with E-state index in [1.807, 2.05) is 20.8 Å². The fourth-order valence-corrected chi connectivity index (χ4v) is 3.40. The molecule has 0 aliphatic carbocycles. The minimum absolute atomic E-state index is 0. The maximum Gasteiger partial charge on any atom is 0.410 e. The first-order chi connectivity index (χ1) is 11.8. The summed E-state index contributed by atoms with van der Waals surface area (Å²) in [6.07, 6.45) is 2.82. The van der Waals surface area contributed by atoms with Crippen LogP contribution in [0, 0.1) is 5.92 Å². The van der Waals surface area contributed by atoms with Crippen molar-refractivity contribution >= 4 is 36.0 Å². The Balaban J connectivity index is 0.00000338. The Morgan fingerprint density at radius 2 is 2.12 bits per heavy atom. The third kappa shape index (κ3) is 6.75. The molecule has 2 atom stereocenters. The van der Waals surface area contributed by atoms with Crippen LogP contribution in [0.1, 0.15) is 47.0 Å². The molecule has 0 saturated carbocycles. The number of aliphatic hydroxyl groups is 1. The quantitative estimate of drug-likeness (QED) is 0.569. The van der Waals surface area contributed by atoms with Gasteiger partial charge in [0.2, 0.25) is 0 Å². The second kappa shape index (κ2) is 10.5. The number of aliphatic imine (C=N–C) groups is 1. The molecule has 152 valence electrons. The van der Waals surface area contributed by atoms with Crippen molar-refractivity contribution in [1.82, 2.24) is 15.1 Å². The van der Waals surface area contributed by atoms with Crippen molar-refractivity contribution in [3.05, 3.63) is 0 Å². The van der Waals surface area contributed by atoms with E-state index in [1.54, 1.807) is 4.90 Å². The zero-order valence-corrected chi connectivity index (χ0v) is 18.9. The van der Waals surface area contributed by atoms with Crippen LogP contribution in [0.3, 0.4) is 0 Å². The summed E-state index contributed by atoms with van der Waals surface area (Å²) in [6, 6.07) is 0.228. The van der Waals surface area contributed by atoms with E-state index in [4.69, 9.17) is 4.74 Å². The van der Waals surface area contributed by atoms with Crippen molar-refractivity contribution < 1.29 is 14.6 Å². The second-order valence-electron chi connectivity index (χ2n) is 7.99. The predicted molar refractivity (Wildman–Crippen MR) is 114 cm³/mol. The average Bonchev–Trinajstić information content (AvgIpc) is 2.93. The van der Waals surface area contributed by atoms with E-state index in [-0.39, 0.29) is 42.7 Å². The summed E-state index contributed by atoms with van der Waals surface area (Å²) in [6.45, 7) is 11.7. The number of nitrogens with zero attached hydrogens (tertiary/aromatic N) is 3. The van der Waals surface area contributed by atoms with E-state index in [9.17, 15) is 9.90 Å². The lowest BCUT2D eigenvalue weighted by Crippen LogP contribution is -2.57. The Hall–Kier alpha value is -0.770. The summed E-state index contributed by atoms with van der Waals surface area (Å²) in [5, 5.41) is 12.6. The minimum atomic E-state index is -0.464. The Morgan fingerprint density at radius 1 is 1.38 bits per heavy atom. The number of hydrogen-bond donors (Lipinski definition) is 2. The number of fused-ring (bicyclic) bond motifs is 1. The van der Waals surface area contributed by atoms with Crippen molar-refractivity contribution in [2.24, 2.45) is 10.9 Å². The van der Waals surface area contributed by atoms with E-state index < -0.39 is 5.60 Å². The van der Waals surface area contributed by atoms with Gasteiger partial charge in [0.25, 0.3) is 0 Å². The summed E-state index contributed by atoms with van der Waals surface area (Å²) in [7, 11) is 0. The van der Waals surface area contributed by atoms with Crippen LogP contribution < -0.4 is 5.32 Å². The van der Waals surface area contributed by atoms with Gasteiger partial charge in [-0.1, -0.05) is 13.3 Å². The van der Waals surface area contributed by atoms with Gasteiger partial charge in [-0.3, -0.25) is 4.99 Å². The molecule has 0 aromatic heterocycles. The van der Waals surface area contributed by atoms with Crippen LogP contribution in [0.5, 0.6) is 0 Å². The fraction of sp³-hybridized carbons (Fsp3) is 0.889. The van der Waals surface area contributed by atoms with Gasteiger partial charge in [0, 0.05) is 32.8 Å². The van der Waals surface area contributed by atoms with E-state index in [0.29, 0.717) is 25.6 Å². The molecule has 2 N–H and O–H groups in total. The fourth-order valence-electron chi connectivity index (χ4n) is 3.40. The largest absolute Gasteiger partial charge is 0.444 e. The summed E-state index contributed by atoms with van der Waals surface area (Å²) in [5.41, 5.74) is -0.464. The first kappa shape index (κ1) is 23.3. The number of ether oxygens (including phenoxy) is 1. The normalized spacial score (nSPS) is 20.8. The Bertz CT molecular complexity index is 476. The summed E-state index contributed by atoms with van der Waals surface area (Å²) < 4.78 is 5.48. The van der Waals surface area contributed by atoms with Crippen molar-refractivity contribution in [1.29, 1.82) is 0 Å². The lowest BCUT2D eigenvalue weighted by atomic mass is 10.0. The Morgan fingerprint density at radius 3 is 2.73 bits per heavy atom. The molecular weight excluding hydrogens is 447 g/mol. The van der Waals surface area contributed by atoms with Crippen molar-refractivity contribution in [3.8, 4) is 0 Å². The highest BCUT2D eigenvalue weighted by molar-refractivity contribution is 14.0. The minimum Gasteiger partial charge on any atom is -0.444 e. The molecule has 2 aliphatic rings. The number of amides is 1. The zero-order chi connectivity index (χ0) is 18.4. The van der Waals surface area contributed by atoms with E-state index in [0.717, 1.165) is 38.3 Å². The van der Waals surface area contributed by atoms with E-state index in [2.05, 4.69) is 22.1 Å². The SMILES string of the molecule is CCCC(CCO)CNC1=NCC2CN(C(=O)OC(C)(C)C)CCN12.I. The topological polar surface area (TPSA) is 77.4 Å². The van der Waals surface area contributed by atoms with Gasteiger partial charge in [0.05, 0.1) is 12.6 Å². The molecule has 7 nitrogen and oxygen atoms in total. The molecule has 0 aromatic rings. The summed E-state index contributed by atoms with van der Waals surface area (Å²) >= 11 is 0. The molecule has 1 saturated heterocycles. The van der Waals surface area contributed by atoms with Crippen molar-refractivity contribution in [2.45, 2.75) is 58.6 Å². The third-order valence-electron chi connectivity index (χ3n) is 4.64. The maximum absolute atomic E-state index is 12.3. The van der Waals surface area contributed by atoms with Crippen LogP contribution in [0.2, 0.25) is 0 Å². The molecule has 1 amide bonds. The molecule has 0 spiro atoms. The molecule has 0 radical (unpaired) electrons. The number of carbonyl (C=O) groups is 1. The lowest BCUT2D eigenvalue weighted by Gasteiger charge is -2.39. The highest BCUT2D eigenvalue weighted by atomic mass is 127. The van der Waals surface area contributed by atoms with Gasteiger partial charge >= 0.3 is 6.09 Å². The molecule has 0 bridgehead atoms. The molecule has 1 fully saturated rings. The monoisotopic (exact) mass is 482 g/mol. The number of nitrogens with one attached hydrogen (secondary N) is 1. The predicted octanol–water partition coefficient (Wildman–Crippen LogP) is 2.28. The van der Waals surface area contributed by atoms with Crippen LogP contribution >= 0.6 is 24.0 Å². The smallest absolute Gasteiger partial charge is 0.410 e. The summed E-state index contributed by atoms with van der Waals surface area (Å²) in [4.78, 5) is 20.9. The number of guanidine groups is 1. The van der Waals surface area contributed by atoms with Crippen LogP contribution in [0.15, 0.2) is 4.99 Å². The average molecular weight is 482 g/mol. The number of rotatable bonds is 6. The highest BCUT2D eigenvalue weighted by Crippen LogP contribution is 2.19. The van der Waals surface area contributed by atoms with Crippen LogP contribution in [-0.4, -0.2) is 77.9 Å². The number of aliphatic hydroxyl groups excluding tert-OH is 1. The van der Waals surface area contributed by atoms with Crippen LogP contribution in [0.4, 0.5) is 4.79 Å². The molecule has 0 aromatic carbocycles. The summed E-state index contributed by atoms with van der Waals surface area (Å²) in [5.74, 6) is 1.41. The van der Waals surface area contributed by atoms with Gasteiger partial charge in [0.15, 0.2) is 5.96 Å². The number of piperazine rings is 1. The highest BCUT2D eigenvalue weighted by Gasteiger charge is 2.36. The van der Waals surface area contributed by atoms with Crippen molar-refractivity contribution in [2.75, 3.05) is 39.3 Å². The Labute approximate surface area is 174 Å². The maximum atomic E-state index is 12.3. The van der Waals surface area contributed by atoms with E-state index >= 15 is 0 Å². The molecule has 8 heteroatoms. The first-order valence-corrected chi connectivity index (χ1v) is 9.47. The Kier molecular flexibility index (Phi) is 9.43. The van der Waals surface area contributed by atoms with Gasteiger partial charge in [-0.25, -0.2) is 4.79 Å². The lowest BCUT2D eigenvalue weighted by molar-refractivity contribution is 0.0137. The van der Waals surface area contributed by atoms with E-state index in [1.165, 1.54) is 0 Å². The molecular formula is C18H35IN4O3. The second-order valence-corrected chi connectivity index (χ2v) is 7.99. The van der Waals surface area contributed by atoms with Gasteiger partial charge in [0.1, 0.15) is 5.60 Å². The first-order valence-electron chi connectivity index (χ1n) is 9.47. The molecule has 2 unspecified atom stereocenters. The molecule has 2 rings (SSSR count). The van der Waals surface area contributed by atoms with Crippen molar-refractivity contribution in [3.63, 3.8) is 0 Å². The molecule has 26 heavy (non-hydrogen) atoms. The third-order valence-corrected chi connectivity index (χ3v) is 4.64. The number of hydrogen-bond acceptors (Lipinski definition) is 6. The van der Waals surface area contributed by atoms with Gasteiger partial charge in [-0.2, -0.15) is 0 Å². The standard InChI is InChI=1S/C18H34N4O3.HI/c1-5-6-14(7-10-23)11-19-16-20-12-15-13-21(8-9-22(15)16)17(24)25-18(2,3)4;/h14-15,23H,5-13H2,1-4H3,(H,19,20);1H. The molecule has 2 aliphatic heterocycles. The number of carbonyl (C=O) groups excluding carboxylic acids is 1.